The smallest absolute Gasteiger partial charge is 0.407 e. The van der Waals surface area contributed by atoms with E-state index in [1.165, 1.54) is 103 Å². The molecule has 5 nitrogen and oxygen atoms in total. The van der Waals surface area contributed by atoms with Crippen LogP contribution in [0.3, 0.4) is 0 Å². The molecule has 1 atom stereocenters. The molecule has 0 bridgehead atoms. The van der Waals surface area contributed by atoms with E-state index in [1.54, 1.807) is 0 Å². The first-order chi connectivity index (χ1) is 14.1. The molecule has 0 aromatic heterocycles. The van der Waals surface area contributed by atoms with Crippen LogP contribution in [0.25, 0.3) is 0 Å². The van der Waals surface area contributed by atoms with E-state index in [0.717, 1.165) is 13.0 Å². The van der Waals surface area contributed by atoms with Crippen LogP contribution in [0, 0.1) is 0 Å². The maximum Gasteiger partial charge on any atom is 0.407 e. The number of aliphatic hydroxyl groups is 1. The third-order valence-corrected chi connectivity index (χ3v) is 5.59. The van der Waals surface area contributed by atoms with Gasteiger partial charge in [-0.2, -0.15) is 0 Å². The van der Waals surface area contributed by atoms with E-state index in [4.69, 9.17) is 4.74 Å². The van der Waals surface area contributed by atoms with Crippen molar-refractivity contribution in [2.24, 2.45) is 0 Å². The lowest BCUT2D eigenvalue weighted by molar-refractivity contribution is 0.0394. The fourth-order valence-electron chi connectivity index (χ4n) is 3.71. The molecule has 0 aromatic carbocycles. The normalized spacial score (nSPS) is 12.3. The molecule has 0 saturated heterocycles. The SMILES string of the molecule is CCCCCCCCCCCCCCCCCCN(C)CC(CO)OC(=O)NC. The van der Waals surface area contributed by atoms with Gasteiger partial charge in [0.1, 0.15) is 6.10 Å². The maximum absolute atomic E-state index is 11.2. The molecule has 0 fully saturated rings. The summed E-state index contributed by atoms with van der Waals surface area (Å²) in [5.74, 6) is 0. The standard InChI is InChI=1S/C24H50N2O3/c1-4-5-6-7-8-9-10-11-12-13-14-15-16-17-18-19-20-26(3)21-23(22-27)29-24(28)25-2/h23,27H,4-22H2,1-3H3,(H,25,28). The van der Waals surface area contributed by atoms with Crippen molar-refractivity contribution in [2.75, 3.05) is 33.8 Å². The molecule has 0 aliphatic heterocycles. The zero-order valence-corrected chi connectivity index (χ0v) is 19.7. The summed E-state index contributed by atoms with van der Waals surface area (Å²) in [6.45, 7) is 3.69. The largest absolute Gasteiger partial charge is 0.442 e. The van der Waals surface area contributed by atoms with Crippen LogP contribution in [-0.4, -0.2) is 56.0 Å². The number of hydrogen-bond donors (Lipinski definition) is 2. The van der Waals surface area contributed by atoms with Gasteiger partial charge >= 0.3 is 6.09 Å². The molecule has 0 heterocycles. The average Bonchev–Trinajstić information content (AvgIpc) is 2.72. The van der Waals surface area contributed by atoms with Crippen molar-refractivity contribution in [3.8, 4) is 0 Å². The number of carbonyl (C=O) groups excluding carboxylic acids is 1. The number of nitrogens with zero attached hydrogens (tertiary/aromatic N) is 1. The van der Waals surface area contributed by atoms with Crippen LogP contribution in [0.2, 0.25) is 0 Å². The molecule has 174 valence electrons. The van der Waals surface area contributed by atoms with Gasteiger partial charge in [0.05, 0.1) is 6.61 Å². The highest BCUT2D eigenvalue weighted by Gasteiger charge is 2.14. The highest BCUT2D eigenvalue weighted by atomic mass is 16.6. The Kier molecular flexibility index (Phi) is 21.3. The summed E-state index contributed by atoms with van der Waals surface area (Å²) in [6.07, 6.45) is 21.1. The second kappa shape index (κ2) is 21.9. The second-order valence-electron chi connectivity index (χ2n) is 8.53. The Hall–Kier alpha value is -0.810. The van der Waals surface area contributed by atoms with Crippen molar-refractivity contribution in [1.29, 1.82) is 0 Å². The number of nitrogens with one attached hydrogen (secondary N) is 1. The lowest BCUT2D eigenvalue weighted by atomic mass is 10.0. The van der Waals surface area contributed by atoms with Gasteiger partial charge in [0.25, 0.3) is 0 Å². The molecular formula is C24H50N2O3. The first kappa shape index (κ1) is 28.2. The van der Waals surface area contributed by atoms with Gasteiger partial charge in [-0.3, -0.25) is 0 Å². The van der Waals surface area contributed by atoms with Crippen molar-refractivity contribution >= 4 is 6.09 Å². The zero-order valence-electron chi connectivity index (χ0n) is 19.7. The summed E-state index contributed by atoms with van der Waals surface area (Å²) < 4.78 is 5.11. The van der Waals surface area contributed by atoms with Crippen LogP contribution in [0.15, 0.2) is 0 Å². The van der Waals surface area contributed by atoms with E-state index >= 15 is 0 Å². The van der Waals surface area contributed by atoms with Gasteiger partial charge in [-0.25, -0.2) is 4.79 Å². The minimum absolute atomic E-state index is 0.142. The molecule has 0 aliphatic rings. The minimum atomic E-state index is -0.486. The monoisotopic (exact) mass is 414 g/mol. The Bertz CT molecular complexity index is 353. The molecular weight excluding hydrogens is 364 g/mol. The van der Waals surface area contributed by atoms with Crippen LogP contribution in [0.1, 0.15) is 110 Å². The van der Waals surface area contributed by atoms with Crippen molar-refractivity contribution < 1.29 is 14.6 Å². The minimum Gasteiger partial charge on any atom is -0.442 e. The van der Waals surface area contributed by atoms with Crippen molar-refractivity contribution in [2.45, 2.75) is 116 Å². The number of likely N-dealkylation sites (N-methyl/N-ethyl adjacent to an activating group) is 1. The Morgan fingerprint density at radius 2 is 1.24 bits per heavy atom. The number of aliphatic hydroxyl groups excluding tert-OH is 1. The number of ether oxygens (including phenoxy) is 1. The van der Waals surface area contributed by atoms with E-state index < -0.39 is 12.2 Å². The van der Waals surface area contributed by atoms with Gasteiger partial charge < -0.3 is 20.1 Å². The number of unbranched alkanes of at least 4 members (excludes halogenated alkanes) is 15. The Labute approximate surface area is 181 Å². The molecule has 29 heavy (non-hydrogen) atoms. The average molecular weight is 415 g/mol. The number of rotatable bonds is 21. The van der Waals surface area contributed by atoms with Gasteiger partial charge in [0, 0.05) is 13.6 Å². The highest BCUT2D eigenvalue weighted by Crippen LogP contribution is 2.13. The van der Waals surface area contributed by atoms with Gasteiger partial charge in [-0.1, -0.05) is 103 Å². The second-order valence-corrected chi connectivity index (χ2v) is 8.53. The predicted molar refractivity (Wildman–Crippen MR) is 123 cm³/mol. The fraction of sp³-hybridized carbons (Fsp3) is 0.958. The summed E-state index contributed by atoms with van der Waals surface area (Å²) in [4.78, 5) is 13.3. The summed E-state index contributed by atoms with van der Waals surface area (Å²) in [5.41, 5.74) is 0. The lowest BCUT2D eigenvalue weighted by Crippen LogP contribution is -2.37. The molecule has 0 aromatic rings. The molecule has 0 rings (SSSR count). The van der Waals surface area contributed by atoms with E-state index in [1.807, 2.05) is 7.05 Å². The highest BCUT2D eigenvalue weighted by molar-refractivity contribution is 5.66. The first-order valence-electron chi connectivity index (χ1n) is 12.3. The number of amides is 1. The summed E-state index contributed by atoms with van der Waals surface area (Å²) >= 11 is 0. The quantitative estimate of drug-likeness (QED) is 0.230. The molecule has 0 spiro atoms. The van der Waals surface area contributed by atoms with Gasteiger partial charge in [0.15, 0.2) is 0 Å². The summed E-state index contributed by atoms with van der Waals surface area (Å²) in [5, 5.41) is 11.7. The van der Waals surface area contributed by atoms with Crippen molar-refractivity contribution in [3.63, 3.8) is 0 Å². The number of carbonyl (C=O) groups is 1. The van der Waals surface area contributed by atoms with Crippen LogP contribution in [0.5, 0.6) is 0 Å². The Balaban J connectivity index is 3.33. The first-order valence-corrected chi connectivity index (χ1v) is 12.3. The third-order valence-electron chi connectivity index (χ3n) is 5.59. The Morgan fingerprint density at radius 1 is 0.828 bits per heavy atom. The summed E-state index contributed by atoms with van der Waals surface area (Å²) in [7, 11) is 3.54. The lowest BCUT2D eigenvalue weighted by Gasteiger charge is -2.22. The van der Waals surface area contributed by atoms with Crippen LogP contribution in [-0.2, 0) is 4.74 Å². The number of hydrogen-bond acceptors (Lipinski definition) is 4. The molecule has 0 aliphatic carbocycles. The molecule has 1 unspecified atom stereocenters. The van der Waals surface area contributed by atoms with E-state index in [2.05, 4.69) is 17.1 Å². The van der Waals surface area contributed by atoms with Crippen LogP contribution in [0.4, 0.5) is 4.79 Å². The zero-order chi connectivity index (χ0) is 21.6. The van der Waals surface area contributed by atoms with Gasteiger partial charge in [-0.15, -0.1) is 0 Å². The van der Waals surface area contributed by atoms with Crippen molar-refractivity contribution in [1.82, 2.24) is 10.2 Å². The van der Waals surface area contributed by atoms with Crippen LogP contribution < -0.4 is 5.32 Å². The summed E-state index contributed by atoms with van der Waals surface area (Å²) in [6, 6.07) is 0. The number of alkyl carbamates (subject to hydrolysis) is 1. The molecule has 0 radical (unpaired) electrons. The fourth-order valence-corrected chi connectivity index (χ4v) is 3.71. The van der Waals surface area contributed by atoms with E-state index in [-0.39, 0.29) is 6.61 Å². The molecule has 1 amide bonds. The predicted octanol–water partition coefficient (Wildman–Crippen LogP) is 5.90. The van der Waals surface area contributed by atoms with E-state index in [0.29, 0.717) is 6.54 Å². The molecule has 5 heteroatoms. The van der Waals surface area contributed by atoms with Gasteiger partial charge in [0.2, 0.25) is 0 Å². The Morgan fingerprint density at radius 3 is 1.62 bits per heavy atom. The molecule has 0 saturated carbocycles. The maximum atomic E-state index is 11.2. The van der Waals surface area contributed by atoms with Crippen molar-refractivity contribution in [3.05, 3.63) is 0 Å². The molecule has 2 N–H and O–H groups in total. The third kappa shape index (κ3) is 20.2. The topological polar surface area (TPSA) is 61.8 Å². The van der Waals surface area contributed by atoms with Gasteiger partial charge in [-0.05, 0) is 20.0 Å². The van der Waals surface area contributed by atoms with Crippen LogP contribution >= 0.6 is 0 Å². The van der Waals surface area contributed by atoms with E-state index in [9.17, 15) is 9.90 Å².